The first-order valence-corrected chi connectivity index (χ1v) is 7.35. The van der Waals surface area contributed by atoms with Gasteiger partial charge in [-0.05, 0) is 23.3 Å². The van der Waals surface area contributed by atoms with Gasteiger partial charge < -0.3 is 0 Å². The summed E-state index contributed by atoms with van der Waals surface area (Å²) in [6, 6.07) is 11.2. The van der Waals surface area contributed by atoms with Crippen molar-refractivity contribution in [1.29, 1.82) is 0 Å². The lowest BCUT2D eigenvalue weighted by molar-refractivity contribution is 0.571. The monoisotopic (exact) mass is 347 g/mol. The van der Waals surface area contributed by atoms with Crippen molar-refractivity contribution in [1.82, 2.24) is 9.71 Å². The fourth-order valence-corrected chi connectivity index (χ4v) is 3.36. The molecule has 0 aliphatic carbocycles. The van der Waals surface area contributed by atoms with Crippen molar-refractivity contribution >= 4 is 40.7 Å². The first kappa shape index (κ1) is 17.7. The highest BCUT2D eigenvalue weighted by molar-refractivity contribution is 7.90. The first-order valence-electron chi connectivity index (χ1n) is 5.91. The highest BCUT2D eigenvalue weighted by Gasteiger charge is 2.28. The topological polar surface area (TPSA) is 62.3 Å². The number of para-hydroxylation sites is 1. The smallest absolute Gasteiger partial charge is 0.264 e. The molecule has 1 N–H and O–H groups in total. The normalized spacial score (nSPS) is 15.3. The Bertz CT molecular complexity index is 696. The van der Waals surface area contributed by atoms with Gasteiger partial charge in [-0.3, -0.25) is 9.29 Å². The van der Waals surface area contributed by atoms with Gasteiger partial charge in [0.15, 0.2) is 0 Å². The molecule has 0 saturated heterocycles. The van der Waals surface area contributed by atoms with E-state index in [1.54, 1.807) is 18.5 Å². The number of hydrogen-bond acceptors (Lipinski definition) is 3. The summed E-state index contributed by atoms with van der Waals surface area (Å²) in [5, 5.41) is 0. The van der Waals surface area contributed by atoms with Gasteiger partial charge in [-0.25, -0.2) is 0 Å². The molecule has 0 spiro atoms. The van der Waals surface area contributed by atoms with E-state index in [4.69, 9.17) is 0 Å². The quantitative estimate of drug-likeness (QED) is 0.906. The molecule has 0 fully saturated rings. The summed E-state index contributed by atoms with van der Waals surface area (Å²) >= 11 is 0. The Morgan fingerprint density at radius 1 is 1.14 bits per heavy atom. The molecule has 5 nitrogen and oxygen atoms in total. The second kappa shape index (κ2) is 7.09. The van der Waals surface area contributed by atoms with Crippen LogP contribution in [0.2, 0.25) is 0 Å². The Morgan fingerprint density at radius 3 is 2.62 bits per heavy atom. The Morgan fingerprint density at radius 2 is 1.90 bits per heavy atom. The van der Waals surface area contributed by atoms with Crippen LogP contribution in [-0.2, 0) is 23.3 Å². The van der Waals surface area contributed by atoms with E-state index in [1.807, 2.05) is 30.3 Å². The zero-order valence-electron chi connectivity index (χ0n) is 11.0. The zero-order chi connectivity index (χ0) is 13.3. The third-order valence-electron chi connectivity index (χ3n) is 3.04. The maximum Gasteiger partial charge on any atom is 0.302 e. The molecule has 0 unspecified atom stereocenters. The van der Waals surface area contributed by atoms with Gasteiger partial charge in [-0.2, -0.15) is 13.1 Å². The predicted octanol–water partition coefficient (Wildman–Crippen LogP) is 2.28. The summed E-state index contributed by atoms with van der Waals surface area (Å²) < 4.78 is 28.2. The third kappa shape index (κ3) is 3.65. The molecule has 1 aliphatic heterocycles. The van der Waals surface area contributed by atoms with E-state index in [0.717, 1.165) is 16.8 Å². The van der Waals surface area contributed by atoms with E-state index in [2.05, 4.69) is 9.71 Å². The highest BCUT2D eigenvalue weighted by atomic mass is 35.5. The van der Waals surface area contributed by atoms with Crippen molar-refractivity contribution in [2.75, 3.05) is 4.31 Å². The fraction of sp³-hybridized carbons (Fsp3) is 0.154. The van der Waals surface area contributed by atoms with Crippen molar-refractivity contribution < 1.29 is 8.42 Å². The number of halogens is 2. The molecule has 21 heavy (non-hydrogen) atoms. The second-order valence-electron chi connectivity index (χ2n) is 4.32. The van der Waals surface area contributed by atoms with Crippen LogP contribution < -0.4 is 9.03 Å². The Labute approximate surface area is 136 Å². The van der Waals surface area contributed by atoms with Gasteiger partial charge in [0.2, 0.25) is 0 Å². The molecule has 0 radical (unpaired) electrons. The summed E-state index contributed by atoms with van der Waals surface area (Å²) in [6.07, 6.45) is 3.34. The minimum Gasteiger partial charge on any atom is -0.264 e. The van der Waals surface area contributed by atoms with E-state index >= 15 is 0 Å². The van der Waals surface area contributed by atoms with E-state index < -0.39 is 10.2 Å². The lowest BCUT2D eigenvalue weighted by atomic mass is 10.1. The van der Waals surface area contributed by atoms with Crippen LogP contribution in [0.25, 0.3) is 0 Å². The average Bonchev–Trinajstić information content (AvgIpc) is 2.43. The number of nitrogens with one attached hydrogen (secondary N) is 1. The van der Waals surface area contributed by atoms with Crippen LogP contribution in [0, 0.1) is 0 Å². The number of hydrogen-bond donors (Lipinski definition) is 1. The van der Waals surface area contributed by atoms with Crippen LogP contribution >= 0.6 is 24.8 Å². The van der Waals surface area contributed by atoms with Gasteiger partial charge in [-0.1, -0.05) is 24.3 Å². The Balaban J connectivity index is 0.00000110. The molecule has 2 heterocycles. The molecule has 1 aromatic carbocycles. The van der Waals surface area contributed by atoms with Gasteiger partial charge in [0.25, 0.3) is 0 Å². The molecular formula is C13H15Cl2N3O2S. The number of benzene rings is 1. The molecule has 114 valence electrons. The van der Waals surface area contributed by atoms with E-state index in [1.165, 1.54) is 4.31 Å². The van der Waals surface area contributed by atoms with Crippen molar-refractivity contribution in [3.8, 4) is 0 Å². The zero-order valence-corrected chi connectivity index (χ0v) is 13.4. The minimum atomic E-state index is -3.48. The van der Waals surface area contributed by atoms with Crippen molar-refractivity contribution in [2.24, 2.45) is 0 Å². The maximum atomic E-state index is 12.1. The van der Waals surface area contributed by atoms with Crippen LogP contribution in [0.1, 0.15) is 11.1 Å². The lowest BCUT2D eigenvalue weighted by Crippen LogP contribution is -2.44. The number of fused-ring (bicyclic) bond motifs is 1. The van der Waals surface area contributed by atoms with E-state index in [-0.39, 0.29) is 31.4 Å². The van der Waals surface area contributed by atoms with Crippen molar-refractivity contribution in [3.05, 3.63) is 59.9 Å². The molecule has 1 aromatic heterocycles. The van der Waals surface area contributed by atoms with Crippen LogP contribution in [0.4, 0.5) is 5.69 Å². The predicted molar refractivity (Wildman–Crippen MR) is 87.1 cm³/mol. The summed E-state index contributed by atoms with van der Waals surface area (Å²) in [4.78, 5) is 4.01. The van der Waals surface area contributed by atoms with Crippen LogP contribution in [-0.4, -0.2) is 13.4 Å². The minimum absolute atomic E-state index is 0. The second-order valence-corrected chi connectivity index (χ2v) is 6.00. The molecule has 0 amide bonds. The summed E-state index contributed by atoms with van der Waals surface area (Å²) in [5.41, 5.74) is 2.55. The van der Waals surface area contributed by atoms with Crippen molar-refractivity contribution in [2.45, 2.75) is 13.1 Å². The Kier molecular flexibility index (Phi) is 5.98. The van der Waals surface area contributed by atoms with E-state index in [0.29, 0.717) is 6.54 Å². The molecule has 1 aliphatic rings. The number of aromatic nitrogens is 1. The van der Waals surface area contributed by atoms with E-state index in [9.17, 15) is 8.42 Å². The van der Waals surface area contributed by atoms with Crippen LogP contribution in [0.15, 0.2) is 48.8 Å². The maximum absolute atomic E-state index is 12.1. The largest absolute Gasteiger partial charge is 0.302 e. The summed E-state index contributed by atoms with van der Waals surface area (Å²) in [6.45, 7) is 0.613. The molecular weight excluding hydrogens is 333 g/mol. The highest BCUT2D eigenvalue weighted by Crippen LogP contribution is 2.28. The third-order valence-corrected chi connectivity index (χ3v) is 4.46. The van der Waals surface area contributed by atoms with Crippen molar-refractivity contribution in [3.63, 3.8) is 0 Å². The molecule has 2 aromatic rings. The first-order chi connectivity index (χ1) is 9.17. The van der Waals surface area contributed by atoms with Gasteiger partial charge in [0.1, 0.15) is 0 Å². The molecule has 0 atom stereocenters. The number of rotatable bonds is 2. The molecule has 3 rings (SSSR count). The summed E-state index contributed by atoms with van der Waals surface area (Å²) in [7, 11) is -3.48. The molecule has 0 saturated carbocycles. The van der Waals surface area contributed by atoms with Gasteiger partial charge in [-0.15, -0.1) is 24.8 Å². The van der Waals surface area contributed by atoms with Gasteiger partial charge in [0.05, 0.1) is 12.2 Å². The van der Waals surface area contributed by atoms with Gasteiger partial charge in [0, 0.05) is 18.9 Å². The number of pyridine rings is 1. The number of anilines is 1. The lowest BCUT2D eigenvalue weighted by Gasteiger charge is -2.30. The Hall–Kier alpha value is -1.34. The summed E-state index contributed by atoms with van der Waals surface area (Å²) in [5.74, 6) is 0. The SMILES string of the molecule is Cl.Cl.O=S1(=O)NCc2ccccc2N1Cc1cccnc1. The van der Waals surface area contributed by atoms with Crippen LogP contribution in [0.5, 0.6) is 0 Å². The molecule has 0 bridgehead atoms. The molecule has 8 heteroatoms. The van der Waals surface area contributed by atoms with Crippen LogP contribution in [0.3, 0.4) is 0 Å². The standard InChI is InChI=1S/C13H13N3O2S.2ClH/c17-19(18)15-9-12-5-1-2-6-13(12)16(19)10-11-4-3-7-14-8-11;;/h1-8,15H,9-10H2;2*1H. The average molecular weight is 348 g/mol. The number of nitrogens with zero attached hydrogens (tertiary/aromatic N) is 2. The fourth-order valence-electron chi connectivity index (χ4n) is 2.11. The van der Waals surface area contributed by atoms with Gasteiger partial charge >= 0.3 is 10.2 Å².